The number of aromatic nitrogens is 1. The van der Waals surface area contributed by atoms with Crippen molar-refractivity contribution in [3.05, 3.63) is 30.1 Å². The molecule has 12 heavy (non-hydrogen) atoms. The van der Waals surface area contributed by atoms with Gasteiger partial charge in [-0.05, 0) is 24.6 Å². The summed E-state index contributed by atoms with van der Waals surface area (Å²) < 4.78 is 0. The topological polar surface area (TPSA) is 33.1 Å². The molecule has 1 aromatic heterocycles. The number of hydrogen-bond acceptors (Lipinski definition) is 2. The Morgan fingerprint density at radius 2 is 2.17 bits per heavy atom. The minimum Gasteiger partial charge on any atom is -0.378 e. The Hall–Kier alpha value is -1.33. The lowest BCUT2D eigenvalue weighted by molar-refractivity contribution is 0.123. The van der Waals surface area contributed by atoms with Gasteiger partial charge in [0, 0.05) is 18.8 Å². The normalized spacial score (nSPS) is 14.8. The van der Waals surface area contributed by atoms with Gasteiger partial charge < -0.3 is 5.11 Å². The summed E-state index contributed by atoms with van der Waals surface area (Å²) in [4.78, 5) is 3.87. The Morgan fingerprint density at radius 3 is 2.67 bits per heavy atom. The van der Waals surface area contributed by atoms with Crippen molar-refractivity contribution in [1.82, 2.24) is 4.98 Å². The van der Waals surface area contributed by atoms with Crippen molar-refractivity contribution < 1.29 is 5.11 Å². The minimum atomic E-state index is -1.05. The average Bonchev–Trinajstić information content (AvgIpc) is 2.06. The van der Waals surface area contributed by atoms with Crippen molar-refractivity contribution in [2.45, 2.75) is 18.9 Å². The maximum absolute atomic E-state index is 9.52. The first-order chi connectivity index (χ1) is 5.64. The first-order valence-corrected chi connectivity index (χ1v) is 3.73. The Morgan fingerprint density at radius 1 is 1.58 bits per heavy atom. The van der Waals surface area contributed by atoms with E-state index < -0.39 is 5.60 Å². The van der Waals surface area contributed by atoms with Crippen LogP contribution in [0.25, 0.3) is 0 Å². The summed E-state index contributed by atoms with van der Waals surface area (Å²) in [5.41, 5.74) is -0.0607. The van der Waals surface area contributed by atoms with Gasteiger partial charge >= 0.3 is 0 Å². The monoisotopic (exact) mass is 161 g/mol. The van der Waals surface area contributed by atoms with E-state index in [1.165, 1.54) is 0 Å². The van der Waals surface area contributed by atoms with Crippen molar-refractivity contribution >= 4 is 0 Å². The van der Waals surface area contributed by atoms with Gasteiger partial charge in [0.1, 0.15) is 5.60 Å². The molecule has 0 saturated heterocycles. The lowest BCUT2D eigenvalue weighted by Gasteiger charge is -2.15. The Balaban J connectivity index is 2.72. The van der Waals surface area contributed by atoms with Crippen LogP contribution in [-0.2, 0) is 6.42 Å². The van der Waals surface area contributed by atoms with Crippen molar-refractivity contribution in [2.75, 3.05) is 0 Å². The lowest BCUT2D eigenvalue weighted by atomic mass is 9.98. The van der Waals surface area contributed by atoms with Crippen LogP contribution in [0.1, 0.15) is 12.5 Å². The number of nitrogens with zero attached hydrogens (tertiary/aromatic N) is 1. The molecule has 2 nitrogen and oxygen atoms in total. The second kappa shape index (κ2) is 3.38. The highest BCUT2D eigenvalue weighted by atomic mass is 16.3. The highest BCUT2D eigenvalue weighted by Gasteiger charge is 2.16. The third-order valence-corrected chi connectivity index (χ3v) is 1.61. The molecule has 1 aromatic rings. The third-order valence-electron chi connectivity index (χ3n) is 1.61. The maximum atomic E-state index is 9.52. The maximum Gasteiger partial charge on any atom is 0.126 e. The molecule has 0 spiro atoms. The van der Waals surface area contributed by atoms with E-state index in [-0.39, 0.29) is 0 Å². The van der Waals surface area contributed by atoms with Crippen molar-refractivity contribution in [3.63, 3.8) is 0 Å². The second-order valence-corrected chi connectivity index (χ2v) is 2.95. The van der Waals surface area contributed by atoms with Gasteiger partial charge in [-0.1, -0.05) is 5.92 Å². The summed E-state index contributed by atoms with van der Waals surface area (Å²) in [7, 11) is 0. The quantitative estimate of drug-likeness (QED) is 0.656. The SMILES string of the molecule is C#CC(C)(O)Cc1ccncc1. The molecule has 1 heterocycles. The summed E-state index contributed by atoms with van der Waals surface area (Å²) >= 11 is 0. The average molecular weight is 161 g/mol. The van der Waals surface area contributed by atoms with E-state index >= 15 is 0 Å². The molecule has 0 aliphatic rings. The summed E-state index contributed by atoms with van der Waals surface area (Å²) in [6.45, 7) is 1.62. The molecule has 0 amide bonds. The summed E-state index contributed by atoms with van der Waals surface area (Å²) in [6, 6.07) is 3.68. The van der Waals surface area contributed by atoms with Crippen LogP contribution < -0.4 is 0 Å². The minimum absolute atomic E-state index is 0.464. The molecule has 1 N–H and O–H groups in total. The fraction of sp³-hybridized carbons (Fsp3) is 0.300. The smallest absolute Gasteiger partial charge is 0.126 e. The lowest BCUT2D eigenvalue weighted by Crippen LogP contribution is -2.24. The molecule has 0 bridgehead atoms. The summed E-state index contributed by atoms with van der Waals surface area (Å²) in [6.07, 6.45) is 8.97. The number of hydrogen-bond donors (Lipinski definition) is 1. The van der Waals surface area contributed by atoms with Crippen molar-refractivity contribution in [2.24, 2.45) is 0 Å². The van der Waals surface area contributed by atoms with E-state index in [0.29, 0.717) is 6.42 Å². The van der Waals surface area contributed by atoms with E-state index in [9.17, 15) is 5.11 Å². The van der Waals surface area contributed by atoms with E-state index in [1.54, 1.807) is 19.3 Å². The van der Waals surface area contributed by atoms with Crippen molar-refractivity contribution in [1.29, 1.82) is 0 Å². The third kappa shape index (κ3) is 2.37. The predicted octanol–water partition coefficient (Wildman–Crippen LogP) is 1.01. The molecule has 0 aliphatic heterocycles. The molecule has 1 atom stereocenters. The van der Waals surface area contributed by atoms with Gasteiger partial charge in [0.25, 0.3) is 0 Å². The standard InChI is InChI=1S/C10H11NO/c1-3-10(2,12)8-9-4-6-11-7-5-9/h1,4-7,12H,8H2,2H3. The van der Waals surface area contributed by atoms with Crippen LogP contribution in [0.5, 0.6) is 0 Å². The summed E-state index contributed by atoms with van der Waals surface area (Å²) in [5.74, 6) is 2.32. The molecular formula is C10H11NO. The largest absolute Gasteiger partial charge is 0.378 e. The molecule has 0 radical (unpaired) electrons. The van der Waals surface area contributed by atoms with Gasteiger partial charge in [-0.15, -0.1) is 6.42 Å². The van der Waals surface area contributed by atoms with Crippen LogP contribution in [0.4, 0.5) is 0 Å². The molecule has 0 saturated carbocycles. The van der Waals surface area contributed by atoms with Gasteiger partial charge in [0.15, 0.2) is 0 Å². The van der Waals surface area contributed by atoms with E-state index in [0.717, 1.165) is 5.56 Å². The van der Waals surface area contributed by atoms with Gasteiger partial charge in [-0.3, -0.25) is 4.98 Å². The Labute approximate surface area is 72.3 Å². The number of rotatable bonds is 2. The zero-order valence-corrected chi connectivity index (χ0v) is 6.99. The van der Waals surface area contributed by atoms with E-state index in [1.807, 2.05) is 12.1 Å². The molecule has 0 fully saturated rings. The Bertz CT molecular complexity index is 284. The second-order valence-electron chi connectivity index (χ2n) is 2.95. The molecule has 62 valence electrons. The fourth-order valence-corrected chi connectivity index (χ4v) is 0.949. The van der Waals surface area contributed by atoms with Crippen LogP contribution in [0.3, 0.4) is 0 Å². The van der Waals surface area contributed by atoms with Crippen LogP contribution in [0.15, 0.2) is 24.5 Å². The van der Waals surface area contributed by atoms with E-state index in [4.69, 9.17) is 6.42 Å². The Kier molecular flexibility index (Phi) is 2.47. The zero-order chi connectivity index (χ0) is 9.03. The summed E-state index contributed by atoms with van der Waals surface area (Å²) in [5, 5.41) is 9.52. The predicted molar refractivity (Wildman–Crippen MR) is 47.4 cm³/mol. The molecule has 0 aliphatic carbocycles. The van der Waals surface area contributed by atoms with Gasteiger partial charge in [0.05, 0.1) is 0 Å². The molecule has 0 aromatic carbocycles. The molecular weight excluding hydrogens is 150 g/mol. The van der Waals surface area contributed by atoms with Crippen LogP contribution in [0.2, 0.25) is 0 Å². The molecule has 1 unspecified atom stereocenters. The molecule has 1 rings (SSSR count). The van der Waals surface area contributed by atoms with Crippen LogP contribution in [0, 0.1) is 12.3 Å². The van der Waals surface area contributed by atoms with Gasteiger partial charge in [-0.2, -0.15) is 0 Å². The molecule has 2 heteroatoms. The number of pyridine rings is 1. The number of aliphatic hydroxyl groups is 1. The van der Waals surface area contributed by atoms with Crippen molar-refractivity contribution in [3.8, 4) is 12.3 Å². The number of terminal acetylenes is 1. The zero-order valence-electron chi connectivity index (χ0n) is 6.99. The first kappa shape index (κ1) is 8.76. The first-order valence-electron chi connectivity index (χ1n) is 3.73. The van der Waals surface area contributed by atoms with Crippen LogP contribution in [-0.4, -0.2) is 15.7 Å². The van der Waals surface area contributed by atoms with Gasteiger partial charge in [0.2, 0.25) is 0 Å². The van der Waals surface area contributed by atoms with Gasteiger partial charge in [-0.25, -0.2) is 0 Å². The fourth-order valence-electron chi connectivity index (χ4n) is 0.949. The van der Waals surface area contributed by atoms with Crippen LogP contribution >= 0.6 is 0 Å². The highest BCUT2D eigenvalue weighted by molar-refractivity contribution is 5.18. The van der Waals surface area contributed by atoms with E-state index in [2.05, 4.69) is 10.9 Å². The highest BCUT2D eigenvalue weighted by Crippen LogP contribution is 2.10.